The van der Waals surface area contributed by atoms with E-state index in [0.29, 0.717) is 24.4 Å². The van der Waals surface area contributed by atoms with Crippen LogP contribution in [-0.2, 0) is 9.84 Å². The van der Waals surface area contributed by atoms with Crippen molar-refractivity contribution in [2.75, 3.05) is 12.8 Å². The Hall–Kier alpha value is -0.870. The summed E-state index contributed by atoms with van der Waals surface area (Å²) in [5.74, 6) is 1.24. The maximum atomic E-state index is 11.8. The highest BCUT2D eigenvalue weighted by Crippen LogP contribution is 2.36. The summed E-state index contributed by atoms with van der Waals surface area (Å²) in [6, 6.07) is 11.1. The molecule has 0 radical (unpaired) electrons. The van der Waals surface area contributed by atoms with Crippen LogP contribution >= 0.6 is 0 Å². The molecule has 0 saturated heterocycles. The number of hydrogen-bond acceptors (Lipinski definition) is 3. The Morgan fingerprint density at radius 1 is 1.14 bits per heavy atom. The van der Waals surface area contributed by atoms with E-state index >= 15 is 0 Å². The third kappa shape index (κ3) is 4.32. The fourth-order valence-electron chi connectivity index (χ4n) is 3.29. The van der Waals surface area contributed by atoms with Crippen molar-refractivity contribution in [3.05, 3.63) is 35.9 Å². The molecule has 22 heavy (non-hydrogen) atoms. The molecule has 0 bridgehead atoms. The Balaban J connectivity index is 2.00. The van der Waals surface area contributed by atoms with Crippen LogP contribution in [0.15, 0.2) is 30.3 Å². The normalized spacial score (nSPS) is 26.8. The first kappa shape index (κ1) is 17.5. The van der Waals surface area contributed by atoms with Crippen molar-refractivity contribution in [1.29, 1.82) is 0 Å². The molecule has 1 saturated carbocycles. The molecule has 3 nitrogen and oxygen atoms in total. The fraction of sp³-hybridized carbons (Fsp3) is 0.667. The van der Waals surface area contributed by atoms with E-state index in [-0.39, 0.29) is 0 Å². The van der Waals surface area contributed by atoms with Crippen molar-refractivity contribution in [3.63, 3.8) is 0 Å². The van der Waals surface area contributed by atoms with Crippen LogP contribution in [0.1, 0.15) is 51.5 Å². The second-order valence-corrected chi connectivity index (χ2v) is 10.2. The average molecular weight is 324 g/mol. The number of sulfone groups is 1. The molecule has 1 fully saturated rings. The number of benzene rings is 1. The number of rotatable bonds is 5. The Morgan fingerprint density at radius 2 is 1.77 bits per heavy atom. The van der Waals surface area contributed by atoms with Gasteiger partial charge in [0.25, 0.3) is 0 Å². The van der Waals surface area contributed by atoms with Crippen LogP contribution in [-0.4, -0.2) is 32.0 Å². The summed E-state index contributed by atoms with van der Waals surface area (Å²) in [6.07, 6.45) is 4.76. The van der Waals surface area contributed by atoms with Gasteiger partial charge in [-0.2, -0.15) is 0 Å². The Labute approximate surface area is 135 Å². The molecule has 124 valence electrons. The molecule has 0 aliphatic heterocycles. The first-order valence-corrected chi connectivity index (χ1v) is 10.1. The van der Waals surface area contributed by atoms with E-state index in [2.05, 4.69) is 42.6 Å². The topological polar surface area (TPSA) is 46.2 Å². The fourth-order valence-corrected chi connectivity index (χ4v) is 3.63. The van der Waals surface area contributed by atoms with Gasteiger partial charge in [-0.15, -0.1) is 0 Å². The zero-order valence-electron chi connectivity index (χ0n) is 14.2. The predicted octanol–water partition coefficient (Wildman–Crippen LogP) is 3.37. The molecule has 4 heteroatoms. The van der Waals surface area contributed by atoms with Crippen LogP contribution in [0, 0.1) is 5.92 Å². The molecule has 0 amide bonds. The van der Waals surface area contributed by atoms with Gasteiger partial charge in [0.1, 0.15) is 0 Å². The highest BCUT2D eigenvalue weighted by molar-refractivity contribution is 7.92. The predicted molar refractivity (Wildman–Crippen MR) is 92.9 cm³/mol. The van der Waals surface area contributed by atoms with Crippen LogP contribution in [0.2, 0.25) is 0 Å². The van der Waals surface area contributed by atoms with Crippen molar-refractivity contribution in [2.45, 2.75) is 56.7 Å². The highest BCUT2D eigenvalue weighted by atomic mass is 32.2. The SMILES string of the molecule is C[C@@H]1C[C@H](NCC(C)(C)S(C)(=O)=O)C[C@H](c2ccccc2)C1. The first-order chi connectivity index (χ1) is 10.2. The molecule has 0 aromatic heterocycles. The van der Waals surface area contributed by atoms with Gasteiger partial charge in [-0.25, -0.2) is 8.42 Å². The molecule has 1 aromatic carbocycles. The maximum absolute atomic E-state index is 11.8. The zero-order valence-corrected chi connectivity index (χ0v) is 15.0. The summed E-state index contributed by atoms with van der Waals surface area (Å²) >= 11 is 0. The van der Waals surface area contributed by atoms with Crippen molar-refractivity contribution in [1.82, 2.24) is 5.32 Å². The van der Waals surface area contributed by atoms with E-state index in [9.17, 15) is 8.42 Å². The van der Waals surface area contributed by atoms with E-state index in [1.54, 1.807) is 13.8 Å². The summed E-state index contributed by atoms with van der Waals surface area (Å²) < 4.78 is 23.0. The summed E-state index contributed by atoms with van der Waals surface area (Å²) in [5.41, 5.74) is 1.41. The van der Waals surface area contributed by atoms with E-state index in [0.717, 1.165) is 12.8 Å². The lowest BCUT2D eigenvalue weighted by Crippen LogP contribution is -2.47. The lowest BCUT2D eigenvalue weighted by Gasteiger charge is -2.36. The summed E-state index contributed by atoms with van der Waals surface area (Å²) in [7, 11) is -3.04. The largest absolute Gasteiger partial charge is 0.312 e. The minimum Gasteiger partial charge on any atom is -0.312 e. The van der Waals surface area contributed by atoms with E-state index in [1.807, 2.05) is 0 Å². The van der Waals surface area contributed by atoms with Gasteiger partial charge in [-0.05, 0) is 50.5 Å². The molecular formula is C18H29NO2S. The molecule has 0 heterocycles. The quantitative estimate of drug-likeness (QED) is 0.903. The van der Waals surface area contributed by atoms with Gasteiger partial charge in [0, 0.05) is 18.8 Å². The third-order valence-corrected chi connectivity index (χ3v) is 7.19. The van der Waals surface area contributed by atoms with Gasteiger partial charge in [-0.3, -0.25) is 0 Å². The van der Waals surface area contributed by atoms with Gasteiger partial charge < -0.3 is 5.32 Å². The van der Waals surface area contributed by atoms with Crippen LogP contribution in [0.3, 0.4) is 0 Å². The van der Waals surface area contributed by atoms with Crippen molar-refractivity contribution in [3.8, 4) is 0 Å². The van der Waals surface area contributed by atoms with Crippen molar-refractivity contribution >= 4 is 9.84 Å². The van der Waals surface area contributed by atoms with E-state index < -0.39 is 14.6 Å². The van der Waals surface area contributed by atoms with E-state index in [1.165, 1.54) is 18.2 Å². The monoisotopic (exact) mass is 323 g/mol. The maximum Gasteiger partial charge on any atom is 0.153 e. The summed E-state index contributed by atoms with van der Waals surface area (Å²) in [5, 5.41) is 3.52. The summed E-state index contributed by atoms with van der Waals surface area (Å²) in [6.45, 7) is 6.42. The highest BCUT2D eigenvalue weighted by Gasteiger charge is 2.33. The van der Waals surface area contributed by atoms with Gasteiger partial charge in [-0.1, -0.05) is 37.3 Å². The molecular weight excluding hydrogens is 294 g/mol. The number of hydrogen-bond donors (Lipinski definition) is 1. The first-order valence-electron chi connectivity index (χ1n) is 8.17. The minimum absolute atomic E-state index is 0.398. The Kier molecular flexibility index (Phi) is 5.33. The molecule has 0 unspecified atom stereocenters. The van der Waals surface area contributed by atoms with Crippen molar-refractivity contribution in [2.24, 2.45) is 5.92 Å². The van der Waals surface area contributed by atoms with Gasteiger partial charge in [0.2, 0.25) is 0 Å². The summed E-state index contributed by atoms with van der Waals surface area (Å²) in [4.78, 5) is 0. The van der Waals surface area contributed by atoms with Crippen LogP contribution < -0.4 is 5.32 Å². The van der Waals surface area contributed by atoms with E-state index in [4.69, 9.17) is 0 Å². The number of nitrogens with one attached hydrogen (secondary N) is 1. The molecule has 2 rings (SSSR count). The smallest absolute Gasteiger partial charge is 0.153 e. The molecule has 1 aliphatic carbocycles. The molecule has 1 N–H and O–H groups in total. The van der Waals surface area contributed by atoms with Crippen molar-refractivity contribution < 1.29 is 8.42 Å². The van der Waals surface area contributed by atoms with Crippen LogP contribution in [0.25, 0.3) is 0 Å². The third-order valence-electron chi connectivity index (χ3n) is 5.03. The second kappa shape index (κ2) is 6.71. The Morgan fingerprint density at radius 3 is 2.36 bits per heavy atom. The Bertz CT molecular complexity index is 580. The minimum atomic E-state index is -3.04. The van der Waals surface area contributed by atoms with Crippen LogP contribution in [0.4, 0.5) is 0 Å². The lowest BCUT2D eigenvalue weighted by molar-refractivity contribution is 0.268. The molecule has 1 aromatic rings. The average Bonchev–Trinajstić information content (AvgIpc) is 2.44. The van der Waals surface area contributed by atoms with Gasteiger partial charge in [0.15, 0.2) is 9.84 Å². The second-order valence-electron chi connectivity index (χ2n) is 7.53. The molecule has 1 aliphatic rings. The zero-order chi connectivity index (χ0) is 16.4. The lowest BCUT2D eigenvalue weighted by atomic mass is 9.76. The van der Waals surface area contributed by atoms with Gasteiger partial charge >= 0.3 is 0 Å². The molecule has 0 spiro atoms. The van der Waals surface area contributed by atoms with Gasteiger partial charge in [0.05, 0.1) is 4.75 Å². The molecule has 3 atom stereocenters. The van der Waals surface area contributed by atoms with Crippen LogP contribution in [0.5, 0.6) is 0 Å². The standard InChI is InChI=1S/C18H29NO2S/c1-14-10-16(15-8-6-5-7-9-15)12-17(11-14)19-13-18(2,3)22(4,20)21/h5-9,14,16-17,19H,10-13H2,1-4H3/t14-,16+,17-/m0/s1.